The molecule has 0 saturated heterocycles. The Bertz CT molecular complexity index is 1420. The number of anilines is 1. The van der Waals surface area contributed by atoms with Gasteiger partial charge in [-0.2, -0.15) is 5.10 Å². The van der Waals surface area contributed by atoms with Crippen LogP contribution in [0.5, 0.6) is 17.2 Å². The first kappa shape index (κ1) is 24.4. The molecule has 2 unspecified atom stereocenters. The summed E-state index contributed by atoms with van der Waals surface area (Å²) in [6.45, 7) is 2.19. The van der Waals surface area contributed by atoms with Crippen LogP contribution in [0.1, 0.15) is 24.8 Å². The summed E-state index contributed by atoms with van der Waals surface area (Å²) in [7, 11) is 3.12. The number of rotatable bonds is 9. The van der Waals surface area contributed by atoms with Gasteiger partial charge in [0, 0.05) is 35.2 Å². The maximum atomic E-state index is 14.7. The molecule has 5 rings (SSSR count). The average Bonchev–Trinajstić information content (AvgIpc) is 3.60. The highest BCUT2D eigenvalue weighted by molar-refractivity contribution is 5.97. The fraction of sp³-hybridized carbons (Fsp3) is 0.241. The molecule has 1 aliphatic rings. The van der Waals surface area contributed by atoms with Gasteiger partial charge in [-0.25, -0.2) is 9.07 Å². The Kier molecular flexibility index (Phi) is 6.81. The molecule has 4 aromatic rings. The van der Waals surface area contributed by atoms with E-state index in [0.717, 1.165) is 11.3 Å². The lowest BCUT2D eigenvalue weighted by molar-refractivity contribution is -0.117. The number of ether oxygens (including phenoxy) is 3. The van der Waals surface area contributed by atoms with Gasteiger partial charge in [-0.1, -0.05) is 18.2 Å². The highest BCUT2D eigenvalue weighted by atomic mass is 19.1. The summed E-state index contributed by atoms with van der Waals surface area (Å²) in [5.41, 5.74) is 3.59. The van der Waals surface area contributed by atoms with Crippen molar-refractivity contribution in [3.8, 4) is 34.2 Å². The summed E-state index contributed by atoms with van der Waals surface area (Å²) in [6.07, 6.45) is 2.59. The molecule has 0 radical (unpaired) electrons. The van der Waals surface area contributed by atoms with Crippen molar-refractivity contribution in [1.29, 1.82) is 0 Å². The molecular weight excluding hydrogens is 473 g/mol. The molecular formula is C29H28FN3O4. The van der Waals surface area contributed by atoms with Crippen LogP contribution in [0.2, 0.25) is 0 Å². The third kappa shape index (κ3) is 5.00. The van der Waals surface area contributed by atoms with E-state index in [1.54, 1.807) is 49.2 Å². The standard InChI is InChI=1S/C29H28FN3O4/c1-4-37-26-12-10-18(14-24(26)30)28-23(17-33(32-28)19-8-6-5-7-9-19)21-16-22(21)29(34)31-25-15-20(35-2)11-13-27(25)36-3/h5-15,17,21-22H,4,16H2,1-3H3,(H,31,34). The Labute approximate surface area is 214 Å². The fourth-order valence-electron chi connectivity index (χ4n) is 4.48. The minimum absolute atomic E-state index is 0.0568. The predicted octanol–water partition coefficient (Wildman–Crippen LogP) is 5.84. The lowest BCUT2D eigenvalue weighted by atomic mass is 10.0. The third-order valence-electron chi connectivity index (χ3n) is 6.46. The first-order chi connectivity index (χ1) is 18.0. The smallest absolute Gasteiger partial charge is 0.228 e. The van der Waals surface area contributed by atoms with Gasteiger partial charge in [0.1, 0.15) is 11.5 Å². The van der Waals surface area contributed by atoms with Crippen LogP contribution in [-0.4, -0.2) is 36.5 Å². The molecule has 1 aromatic heterocycles. The molecule has 7 nitrogen and oxygen atoms in total. The molecule has 2 atom stereocenters. The number of carbonyl (C=O) groups is 1. The molecule has 37 heavy (non-hydrogen) atoms. The first-order valence-corrected chi connectivity index (χ1v) is 12.1. The SMILES string of the molecule is CCOc1ccc(-c2nn(-c3ccccc3)cc2C2CC2C(=O)Nc2cc(OC)ccc2OC)cc1F. The second-order valence-corrected chi connectivity index (χ2v) is 8.80. The highest BCUT2D eigenvalue weighted by Crippen LogP contribution is 2.51. The summed E-state index contributed by atoms with van der Waals surface area (Å²) in [5.74, 6) is 0.490. The number of hydrogen-bond donors (Lipinski definition) is 1. The molecule has 8 heteroatoms. The number of nitrogens with zero attached hydrogens (tertiary/aromatic N) is 2. The van der Waals surface area contributed by atoms with Crippen LogP contribution in [0, 0.1) is 11.7 Å². The molecule has 0 bridgehead atoms. The van der Waals surface area contributed by atoms with Gasteiger partial charge in [0.2, 0.25) is 5.91 Å². The second-order valence-electron chi connectivity index (χ2n) is 8.80. The Balaban J connectivity index is 1.45. The molecule has 1 aliphatic carbocycles. The number of benzene rings is 3. The van der Waals surface area contributed by atoms with Gasteiger partial charge < -0.3 is 19.5 Å². The normalized spacial score (nSPS) is 16.2. The van der Waals surface area contributed by atoms with Crippen molar-refractivity contribution in [2.45, 2.75) is 19.3 Å². The number of halogens is 1. The summed E-state index contributed by atoms with van der Waals surface area (Å²) >= 11 is 0. The van der Waals surface area contributed by atoms with E-state index in [-0.39, 0.29) is 23.5 Å². The quantitative estimate of drug-likeness (QED) is 0.312. The Morgan fingerprint density at radius 1 is 1.05 bits per heavy atom. The number of para-hydroxylation sites is 1. The monoisotopic (exact) mass is 501 g/mol. The minimum atomic E-state index is -0.449. The van der Waals surface area contributed by atoms with Crippen molar-refractivity contribution in [2.75, 3.05) is 26.1 Å². The third-order valence-corrected chi connectivity index (χ3v) is 6.46. The minimum Gasteiger partial charge on any atom is -0.497 e. The lowest BCUT2D eigenvalue weighted by Gasteiger charge is -2.12. The zero-order valence-corrected chi connectivity index (χ0v) is 20.9. The molecule has 190 valence electrons. The van der Waals surface area contributed by atoms with Crippen molar-refractivity contribution >= 4 is 11.6 Å². The van der Waals surface area contributed by atoms with E-state index in [1.807, 2.05) is 43.5 Å². The van der Waals surface area contributed by atoms with Gasteiger partial charge in [0.15, 0.2) is 11.6 Å². The number of hydrogen-bond acceptors (Lipinski definition) is 5. The Morgan fingerprint density at radius 2 is 1.84 bits per heavy atom. The van der Waals surface area contributed by atoms with Crippen molar-refractivity contribution < 1.29 is 23.4 Å². The van der Waals surface area contributed by atoms with E-state index < -0.39 is 5.82 Å². The molecule has 1 amide bonds. The van der Waals surface area contributed by atoms with E-state index in [4.69, 9.17) is 19.3 Å². The topological polar surface area (TPSA) is 74.6 Å². The first-order valence-electron chi connectivity index (χ1n) is 12.1. The van der Waals surface area contributed by atoms with Crippen molar-refractivity contribution in [2.24, 2.45) is 5.92 Å². The lowest BCUT2D eigenvalue weighted by Crippen LogP contribution is -2.15. The van der Waals surface area contributed by atoms with E-state index in [9.17, 15) is 9.18 Å². The van der Waals surface area contributed by atoms with E-state index in [2.05, 4.69) is 5.32 Å². The second kappa shape index (κ2) is 10.3. The summed E-state index contributed by atoms with van der Waals surface area (Å²) < 4.78 is 32.6. The van der Waals surface area contributed by atoms with Crippen molar-refractivity contribution in [3.63, 3.8) is 0 Å². The van der Waals surface area contributed by atoms with Crippen molar-refractivity contribution in [3.05, 3.63) is 84.3 Å². The zero-order valence-electron chi connectivity index (χ0n) is 20.9. The van der Waals surface area contributed by atoms with Gasteiger partial charge >= 0.3 is 0 Å². The maximum absolute atomic E-state index is 14.7. The Morgan fingerprint density at radius 3 is 2.54 bits per heavy atom. The summed E-state index contributed by atoms with van der Waals surface area (Å²) in [5, 5.41) is 7.78. The number of carbonyl (C=O) groups excluding carboxylic acids is 1. The summed E-state index contributed by atoms with van der Waals surface area (Å²) in [4.78, 5) is 13.2. The fourth-order valence-corrected chi connectivity index (χ4v) is 4.48. The molecule has 1 heterocycles. The van der Waals surface area contributed by atoms with Crippen LogP contribution in [0.4, 0.5) is 10.1 Å². The molecule has 0 aliphatic heterocycles. The number of methoxy groups -OCH3 is 2. The van der Waals surface area contributed by atoms with E-state index in [0.29, 0.717) is 41.5 Å². The van der Waals surface area contributed by atoms with Gasteiger partial charge in [0.05, 0.1) is 37.9 Å². The van der Waals surface area contributed by atoms with Crippen LogP contribution in [0.3, 0.4) is 0 Å². The summed E-state index contributed by atoms with van der Waals surface area (Å²) in [6, 6.07) is 19.8. The molecule has 1 N–H and O–H groups in total. The van der Waals surface area contributed by atoms with Gasteiger partial charge in [-0.15, -0.1) is 0 Å². The van der Waals surface area contributed by atoms with Crippen LogP contribution in [-0.2, 0) is 4.79 Å². The Hall–Kier alpha value is -4.33. The predicted molar refractivity (Wildman–Crippen MR) is 139 cm³/mol. The van der Waals surface area contributed by atoms with E-state index in [1.165, 1.54) is 6.07 Å². The average molecular weight is 502 g/mol. The van der Waals surface area contributed by atoms with Gasteiger partial charge in [0.25, 0.3) is 0 Å². The zero-order chi connectivity index (χ0) is 25.9. The maximum Gasteiger partial charge on any atom is 0.228 e. The van der Waals surface area contributed by atoms with Crippen LogP contribution >= 0.6 is 0 Å². The largest absolute Gasteiger partial charge is 0.497 e. The van der Waals surface area contributed by atoms with Crippen LogP contribution in [0.25, 0.3) is 16.9 Å². The van der Waals surface area contributed by atoms with Crippen molar-refractivity contribution in [1.82, 2.24) is 9.78 Å². The molecule has 0 spiro atoms. The molecule has 3 aromatic carbocycles. The van der Waals surface area contributed by atoms with Gasteiger partial charge in [-0.3, -0.25) is 4.79 Å². The van der Waals surface area contributed by atoms with Crippen LogP contribution in [0.15, 0.2) is 72.9 Å². The molecule has 1 fully saturated rings. The highest BCUT2D eigenvalue weighted by Gasteiger charge is 2.46. The van der Waals surface area contributed by atoms with Crippen LogP contribution < -0.4 is 19.5 Å². The molecule has 1 saturated carbocycles. The number of nitrogens with one attached hydrogen (secondary N) is 1. The number of amides is 1. The number of aromatic nitrogens is 2. The van der Waals surface area contributed by atoms with E-state index >= 15 is 0 Å². The van der Waals surface area contributed by atoms with Gasteiger partial charge in [-0.05, 0) is 55.8 Å².